The molecule has 0 unspecified atom stereocenters. The van der Waals surface area contributed by atoms with E-state index < -0.39 is 0 Å². The fourth-order valence-corrected chi connectivity index (χ4v) is 3.51. The van der Waals surface area contributed by atoms with Gasteiger partial charge in [0.2, 0.25) is 0 Å². The van der Waals surface area contributed by atoms with Crippen molar-refractivity contribution in [3.05, 3.63) is 56.8 Å². The van der Waals surface area contributed by atoms with Crippen LogP contribution in [0.2, 0.25) is 0 Å². The van der Waals surface area contributed by atoms with Crippen LogP contribution in [0.1, 0.15) is 25.8 Å². The molecular formula is C20H23BrN4O2. The Kier molecular flexibility index (Phi) is 6.01. The molecule has 3 N–H and O–H groups in total. The molecule has 0 radical (unpaired) electrons. The van der Waals surface area contributed by atoms with Gasteiger partial charge in [-0.3, -0.25) is 4.79 Å². The predicted octanol–water partition coefficient (Wildman–Crippen LogP) is 4.16. The van der Waals surface area contributed by atoms with Crippen molar-refractivity contribution in [2.75, 3.05) is 17.7 Å². The zero-order chi connectivity index (χ0) is 19.4. The van der Waals surface area contributed by atoms with Gasteiger partial charge in [0, 0.05) is 18.7 Å². The number of nitrogen functional groups attached to an aromatic ring is 1. The fraction of sp³-hybridized carbons (Fsp3) is 0.300. The van der Waals surface area contributed by atoms with Gasteiger partial charge < -0.3 is 15.8 Å². The van der Waals surface area contributed by atoms with Gasteiger partial charge in [0.25, 0.3) is 5.56 Å². The number of halogens is 1. The lowest BCUT2D eigenvalue weighted by Crippen LogP contribution is -2.25. The molecule has 1 heterocycles. The number of rotatable bonds is 7. The van der Waals surface area contributed by atoms with Gasteiger partial charge in [0.1, 0.15) is 10.2 Å². The number of hydrogen-bond donors (Lipinski definition) is 2. The molecule has 0 aliphatic carbocycles. The molecule has 6 nitrogen and oxygen atoms in total. The second-order valence-electron chi connectivity index (χ2n) is 6.16. The summed E-state index contributed by atoms with van der Waals surface area (Å²) in [5, 5.41) is 9.66. The minimum absolute atomic E-state index is 0.213. The number of nitrogens with one attached hydrogen (secondary N) is 1. The summed E-state index contributed by atoms with van der Waals surface area (Å²) >= 11 is 3.36. The molecule has 0 spiro atoms. The molecule has 2 aromatic carbocycles. The number of hydrogen-bond acceptors (Lipinski definition) is 5. The van der Waals surface area contributed by atoms with Crippen molar-refractivity contribution < 1.29 is 4.74 Å². The number of aryl methyl sites for hydroxylation is 1. The molecule has 142 valence electrons. The van der Waals surface area contributed by atoms with Crippen LogP contribution in [0.3, 0.4) is 0 Å². The Morgan fingerprint density at radius 1 is 1.22 bits per heavy atom. The molecule has 3 aromatic rings. The molecule has 27 heavy (non-hydrogen) atoms. The van der Waals surface area contributed by atoms with E-state index in [1.54, 1.807) is 0 Å². The van der Waals surface area contributed by atoms with Crippen molar-refractivity contribution in [2.24, 2.45) is 0 Å². The Labute approximate surface area is 166 Å². The highest BCUT2D eigenvalue weighted by molar-refractivity contribution is 9.10. The van der Waals surface area contributed by atoms with E-state index in [1.807, 2.05) is 25.1 Å². The number of aromatic nitrogens is 2. The smallest absolute Gasteiger partial charge is 0.283 e. The summed E-state index contributed by atoms with van der Waals surface area (Å²) < 4.78 is 7.65. The molecule has 3 rings (SSSR count). The van der Waals surface area contributed by atoms with Gasteiger partial charge in [-0.2, -0.15) is 5.10 Å². The first-order valence-electron chi connectivity index (χ1n) is 9.00. The molecular weight excluding hydrogens is 408 g/mol. The molecule has 0 bridgehead atoms. The molecule has 7 heteroatoms. The second kappa shape index (κ2) is 8.43. The van der Waals surface area contributed by atoms with Crippen LogP contribution in [0, 0.1) is 0 Å². The quantitative estimate of drug-likeness (QED) is 0.587. The highest BCUT2D eigenvalue weighted by Crippen LogP contribution is 2.31. The van der Waals surface area contributed by atoms with Crippen molar-refractivity contribution in [1.82, 2.24) is 9.78 Å². The van der Waals surface area contributed by atoms with E-state index in [9.17, 15) is 4.79 Å². The van der Waals surface area contributed by atoms with Crippen LogP contribution in [-0.4, -0.2) is 16.4 Å². The standard InChI is InChI=1S/C20H23BrN4O2/c1-3-11-27-16-10-9-13-7-5-6-8-14(13)15(16)12-23-18-17(21)20(26)25(4-2)24-19(18)22/h5-10,23H,3-4,11-12H2,1-2H3,(H2,22,24). The molecule has 0 aliphatic heterocycles. The fourth-order valence-electron chi connectivity index (χ4n) is 2.96. The number of fused-ring (bicyclic) bond motifs is 1. The average molecular weight is 431 g/mol. The van der Waals surface area contributed by atoms with Crippen LogP contribution in [0.25, 0.3) is 10.8 Å². The van der Waals surface area contributed by atoms with Crippen molar-refractivity contribution in [3.8, 4) is 5.75 Å². The Balaban J connectivity index is 2.00. The predicted molar refractivity (Wildman–Crippen MR) is 113 cm³/mol. The molecule has 0 aliphatic rings. The number of nitrogens with zero attached hydrogens (tertiary/aromatic N) is 2. The normalized spacial score (nSPS) is 10.9. The van der Waals surface area contributed by atoms with E-state index in [-0.39, 0.29) is 11.4 Å². The highest BCUT2D eigenvalue weighted by atomic mass is 79.9. The summed E-state index contributed by atoms with van der Waals surface area (Å²) in [7, 11) is 0. The molecule has 0 saturated carbocycles. The summed E-state index contributed by atoms with van der Waals surface area (Å²) in [6, 6.07) is 12.2. The monoisotopic (exact) mass is 430 g/mol. The van der Waals surface area contributed by atoms with Gasteiger partial charge in [-0.1, -0.05) is 37.3 Å². The average Bonchev–Trinajstić information content (AvgIpc) is 2.69. The maximum Gasteiger partial charge on any atom is 0.283 e. The lowest BCUT2D eigenvalue weighted by molar-refractivity contribution is 0.315. The number of anilines is 2. The van der Waals surface area contributed by atoms with Crippen LogP contribution in [0.5, 0.6) is 5.75 Å². The van der Waals surface area contributed by atoms with Crippen LogP contribution in [-0.2, 0) is 13.1 Å². The number of benzene rings is 2. The third-order valence-electron chi connectivity index (χ3n) is 4.33. The van der Waals surface area contributed by atoms with Gasteiger partial charge in [-0.25, -0.2) is 4.68 Å². The summed E-state index contributed by atoms with van der Waals surface area (Å²) in [6.07, 6.45) is 0.928. The lowest BCUT2D eigenvalue weighted by Gasteiger charge is -2.17. The molecule has 0 atom stereocenters. The van der Waals surface area contributed by atoms with Gasteiger partial charge >= 0.3 is 0 Å². The number of nitrogens with two attached hydrogens (primary N) is 1. The zero-order valence-corrected chi connectivity index (χ0v) is 17.0. The minimum Gasteiger partial charge on any atom is -0.493 e. The first-order chi connectivity index (χ1) is 13.1. The summed E-state index contributed by atoms with van der Waals surface area (Å²) in [5.74, 6) is 1.10. The molecule has 1 aromatic heterocycles. The summed E-state index contributed by atoms with van der Waals surface area (Å²) in [5.41, 5.74) is 7.37. The zero-order valence-electron chi connectivity index (χ0n) is 15.5. The van der Waals surface area contributed by atoms with Gasteiger partial charge in [-0.15, -0.1) is 0 Å². The van der Waals surface area contributed by atoms with Crippen molar-refractivity contribution >= 4 is 38.2 Å². The van der Waals surface area contributed by atoms with Gasteiger partial charge in [-0.05, 0) is 46.1 Å². The third kappa shape index (κ3) is 3.93. The summed E-state index contributed by atoms with van der Waals surface area (Å²) in [4.78, 5) is 12.3. The Morgan fingerprint density at radius 2 is 2.00 bits per heavy atom. The number of ether oxygens (including phenoxy) is 1. The maximum atomic E-state index is 12.3. The van der Waals surface area contributed by atoms with Crippen molar-refractivity contribution in [3.63, 3.8) is 0 Å². The highest BCUT2D eigenvalue weighted by Gasteiger charge is 2.15. The Bertz CT molecular complexity index is 1020. The minimum atomic E-state index is -0.213. The van der Waals surface area contributed by atoms with Crippen molar-refractivity contribution in [1.29, 1.82) is 0 Å². The van der Waals surface area contributed by atoms with Crippen LogP contribution >= 0.6 is 15.9 Å². The lowest BCUT2D eigenvalue weighted by atomic mass is 10.0. The van der Waals surface area contributed by atoms with Crippen LogP contribution in [0.15, 0.2) is 45.7 Å². The summed E-state index contributed by atoms with van der Waals surface area (Å²) in [6.45, 7) is 5.48. The van der Waals surface area contributed by atoms with Gasteiger partial charge in [0.05, 0.1) is 12.3 Å². The van der Waals surface area contributed by atoms with E-state index >= 15 is 0 Å². The maximum absolute atomic E-state index is 12.3. The SMILES string of the molecule is CCCOc1ccc2ccccc2c1CNc1c(N)nn(CC)c(=O)c1Br. The van der Waals surface area contributed by atoms with Crippen molar-refractivity contribution in [2.45, 2.75) is 33.4 Å². The third-order valence-corrected chi connectivity index (χ3v) is 5.06. The molecule has 0 amide bonds. The second-order valence-corrected chi connectivity index (χ2v) is 6.95. The largest absolute Gasteiger partial charge is 0.493 e. The molecule has 0 saturated heterocycles. The topological polar surface area (TPSA) is 82.2 Å². The Hall–Kier alpha value is -2.54. The van der Waals surface area contributed by atoms with E-state index in [1.165, 1.54) is 4.68 Å². The molecule has 0 fully saturated rings. The van der Waals surface area contributed by atoms with E-state index in [2.05, 4.69) is 51.5 Å². The van der Waals surface area contributed by atoms with Gasteiger partial charge in [0.15, 0.2) is 5.82 Å². The van der Waals surface area contributed by atoms with E-state index in [0.717, 1.165) is 28.5 Å². The Morgan fingerprint density at radius 3 is 2.74 bits per heavy atom. The van der Waals surface area contributed by atoms with E-state index in [0.29, 0.717) is 29.9 Å². The van der Waals surface area contributed by atoms with E-state index in [4.69, 9.17) is 10.5 Å². The van der Waals surface area contributed by atoms with Crippen LogP contribution < -0.4 is 21.3 Å². The first-order valence-corrected chi connectivity index (χ1v) is 9.79. The van der Waals surface area contributed by atoms with Crippen LogP contribution in [0.4, 0.5) is 11.5 Å². The first kappa shape index (κ1) is 19.2.